The minimum Gasteiger partial charge on any atom is -0.409 e. The predicted molar refractivity (Wildman–Crippen MR) is 66.4 cm³/mol. The average molecular weight is 281 g/mol. The first-order valence-corrected chi connectivity index (χ1v) is 5.21. The van der Waals surface area contributed by atoms with Crippen LogP contribution >= 0.6 is 0 Å². The summed E-state index contributed by atoms with van der Waals surface area (Å²) in [6.07, 6.45) is 0. The molecule has 2 aromatic rings. The second-order valence-corrected chi connectivity index (χ2v) is 3.58. The number of nitrogens with one attached hydrogen (secondary N) is 1. The molecule has 0 spiro atoms. The zero-order valence-electron chi connectivity index (χ0n) is 9.88. The summed E-state index contributed by atoms with van der Waals surface area (Å²) in [5.41, 5.74) is 10.9. The molecule has 0 bridgehead atoms. The minimum absolute atomic E-state index is 0.0647. The van der Waals surface area contributed by atoms with Gasteiger partial charge in [-0.05, 0) is 12.1 Å². The minimum atomic E-state index is -1.03. The van der Waals surface area contributed by atoms with Gasteiger partial charge in [-0.3, -0.25) is 0 Å². The van der Waals surface area contributed by atoms with Crippen LogP contribution in [0.4, 0.5) is 26.4 Å². The first kappa shape index (κ1) is 13.4. The molecule has 0 aliphatic rings. The van der Waals surface area contributed by atoms with Crippen molar-refractivity contribution in [1.29, 1.82) is 0 Å². The number of rotatable bonds is 3. The maximum absolute atomic E-state index is 13.1. The highest BCUT2D eigenvalue weighted by molar-refractivity contribution is 5.93. The number of halogens is 2. The van der Waals surface area contributed by atoms with Crippen molar-refractivity contribution in [2.75, 3.05) is 11.1 Å². The van der Waals surface area contributed by atoms with Crippen LogP contribution in [0.2, 0.25) is 0 Å². The smallest absolute Gasteiger partial charge is 0.232 e. The van der Waals surface area contributed by atoms with E-state index in [0.717, 1.165) is 12.1 Å². The zero-order chi connectivity index (χ0) is 14.7. The first-order valence-electron chi connectivity index (χ1n) is 5.21. The predicted octanol–water partition coefficient (Wildman–Crippen LogP) is 0.570. The summed E-state index contributed by atoms with van der Waals surface area (Å²) in [6, 6.07) is 3.13. The zero-order valence-corrected chi connectivity index (χ0v) is 9.88. The molecule has 0 amide bonds. The van der Waals surface area contributed by atoms with E-state index in [1.165, 1.54) is 6.07 Å². The summed E-state index contributed by atoms with van der Waals surface area (Å²) < 4.78 is 25.9. The van der Waals surface area contributed by atoms with Crippen molar-refractivity contribution >= 4 is 23.4 Å². The van der Waals surface area contributed by atoms with Crippen molar-refractivity contribution < 1.29 is 14.0 Å². The normalized spacial score (nSPS) is 11.4. The molecule has 1 aromatic heterocycles. The van der Waals surface area contributed by atoms with Crippen LogP contribution < -0.4 is 16.8 Å². The quantitative estimate of drug-likeness (QED) is 0.279. The third kappa shape index (κ3) is 2.85. The summed E-state index contributed by atoms with van der Waals surface area (Å²) >= 11 is 0. The largest absolute Gasteiger partial charge is 0.409 e. The van der Waals surface area contributed by atoms with Gasteiger partial charge in [0.2, 0.25) is 23.6 Å². The van der Waals surface area contributed by atoms with E-state index in [1.54, 1.807) is 0 Å². The lowest BCUT2D eigenvalue weighted by atomic mass is 10.3. The summed E-state index contributed by atoms with van der Waals surface area (Å²) in [6.45, 7) is 0. The fourth-order valence-corrected chi connectivity index (χ4v) is 1.31. The Morgan fingerprint density at radius 3 is 2.60 bits per heavy atom. The van der Waals surface area contributed by atoms with E-state index in [4.69, 9.17) is 16.7 Å². The number of amidine groups is 1. The molecule has 0 saturated heterocycles. The van der Waals surface area contributed by atoms with E-state index in [2.05, 4.69) is 25.4 Å². The Bertz CT molecular complexity index is 677. The molecule has 1 aromatic carbocycles. The van der Waals surface area contributed by atoms with Crippen molar-refractivity contribution in [1.82, 2.24) is 15.0 Å². The van der Waals surface area contributed by atoms with Gasteiger partial charge in [-0.2, -0.15) is 15.0 Å². The molecule has 0 fully saturated rings. The van der Waals surface area contributed by atoms with Crippen LogP contribution in [-0.4, -0.2) is 26.0 Å². The molecule has 104 valence electrons. The number of nitrogen functional groups attached to an aromatic ring is 1. The van der Waals surface area contributed by atoms with Gasteiger partial charge in [0.25, 0.3) is 0 Å². The molecule has 0 aliphatic carbocycles. The number of nitrogens with two attached hydrogens (primary N) is 2. The van der Waals surface area contributed by atoms with Crippen LogP contribution in [0.15, 0.2) is 23.4 Å². The highest BCUT2D eigenvalue weighted by Gasteiger charge is 2.10. The molecule has 0 atom stereocenters. The van der Waals surface area contributed by atoms with Crippen LogP contribution in [0.25, 0.3) is 0 Å². The number of anilines is 3. The molecule has 6 N–H and O–H groups in total. The summed E-state index contributed by atoms with van der Waals surface area (Å²) in [5.74, 6) is -2.80. The van der Waals surface area contributed by atoms with Gasteiger partial charge in [0.05, 0.1) is 0 Å². The molecule has 2 rings (SSSR count). The van der Waals surface area contributed by atoms with Crippen LogP contribution in [0, 0.1) is 11.6 Å². The average Bonchev–Trinajstić information content (AvgIpc) is 2.41. The van der Waals surface area contributed by atoms with E-state index < -0.39 is 11.6 Å². The van der Waals surface area contributed by atoms with Gasteiger partial charge < -0.3 is 22.0 Å². The van der Waals surface area contributed by atoms with Crippen molar-refractivity contribution in [3.8, 4) is 0 Å². The Morgan fingerprint density at radius 2 is 1.95 bits per heavy atom. The maximum Gasteiger partial charge on any atom is 0.232 e. The fourth-order valence-electron chi connectivity index (χ4n) is 1.31. The Balaban J connectivity index is 2.33. The second kappa shape index (κ2) is 5.30. The van der Waals surface area contributed by atoms with Crippen molar-refractivity contribution in [2.24, 2.45) is 10.9 Å². The Morgan fingerprint density at radius 1 is 1.20 bits per heavy atom. The fraction of sp³-hybridized carbons (Fsp3) is 0. The van der Waals surface area contributed by atoms with Crippen LogP contribution in [0.1, 0.15) is 5.82 Å². The topological polar surface area (TPSA) is 135 Å². The molecule has 0 radical (unpaired) electrons. The van der Waals surface area contributed by atoms with Gasteiger partial charge >= 0.3 is 0 Å². The van der Waals surface area contributed by atoms with Gasteiger partial charge in [-0.15, -0.1) is 0 Å². The molecule has 0 unspecified atom stereocenters. The number of aromatic nitrogens is 3. The van der Waals surface area contributed by atoms with Crippen LogP contribution in [0.3, 0.4) is 0 Å². The highest BCUT2D eigenvalue weighted by Crippen LogP contribution is 2.16. The molecule has 8 nitrogen and oxygen atoms in total. The van der Waals surface area contributed by atoms with E-state index in [-0.39, 0.29) is 29.2 Å². The summed E-state index contributed by atoms with van der Waals surface area (Å²) in [5, 5.41) is 13.9. The lowest BCUT2D eigenvalue weighted by Crippen LogP contribution is -2.19. The van der Waals surface area contributed by atoms with Crippen LogP contribution in [-0.2, 0) is 0 Å². The van der Waals surface area contributed by atoms with Crippen molar-refractivity contribution in [3.63, 3.8) is 0 Å². The van der Waals surface area contributed by atoms with Gasteiger partial charge in [0, 0.05) is 11.8 Å². The molecule has 0 aliphatic heterocycles. The standard InChI is InChI=1S/C10H9F2N7O/c11-5-2-1-4(3-6(5)12)15-10-17-8(7(13)19-20)16-9(14)18-10/h1-3,20H,(H2,13,19)(H3,14,15,16,17,18). The van der Waals surface area contributed by atoms with Gasteiger partial charge in [0.1, 0.15) is 0 Å². The molecule has 1 heterocycles. The van der Waals surface area contributed by atoms with E-state index >= 15 is 0 Å². The lowest BCUT2D eigenvalue weighted by Gasteiger charge is -2.07. The monoisotopic (exact) mass is 281 g/mol. The number of hydrogen-bond donors (Lipinski definition) is 4. The maximum atomic E-state index is 13.1. The van der Waals surface area contributed by atoms with Gasteiger partial charge in [-0.25, -0.2) is 8.78 Å². The number of hydrogen-bond acceptors (Lipinski definition) is 7. The van der Waals surface area contributed by atoms with E-state index in [1.807, 2.05) is 0 Å². The molecule has 20 heavy (non-hydrogen) atoms. The Labute approximate surface area is 111 Å². The summed E-state index contributed by atoms with van der Waals surface area (Å²) in [4.78, 5) is 11.2. The molecule has 0 saturated carbocycles. The molecular weight excluding hydrogens is 272 g/mol. The van der Waals surface area contributed by atoms with Gasteiger partial charge in [0.15, 0.2) is 11.6 Å². The number of nitrogens with zero attached hydrogens (tertiary/aromatic N) is 4. The molecule has 10 heteroatoms. The SMILES string of the molecule is N/C(=N\O)c1nc(N)nc(Nc2ccc(F)c(F)c2)n1. The third-order valence-electron chi connectivity index (χ3n) is 2.17. The Hall–Kier alpha value is -3.04. The number of oxime groups is 1. The highest BCUT2D eigenvalue weighted by atomic mass is 19.2. The van der Waals surface area contributed by atoms with E-state index in [9.17, 15) is 8.78 Å². The van der Waals surface area contributed by atoms with Gasteiger partial charge in [-0.1, -0.05) is 5.16 Å². The van der Waals surface area contributed by atoms with Crippen molar-refractivity contribution in [2.45, 2.75) is 0 Å². The summed E-state index contributed by atoms with van der Waals surface area (Å²) in [7, 11) is 0. The third-order valence-corrected chi connectivity index (χ3v) is 2.17. The van der Waals surface area contributed by atoms with Crippen LogP contribution in [0.5, 0.6) is 0 Å². The molecular formula is C10H9F2N7O. The lowest BCUT2D eigenvalue weighted by molar-refractivity contribution is 0.318. The number of benzene rings is 1. The van der Waals surface area contributed by atoms with Crippen molar-refractivity contribution in [3.05, 3.63) is 35.7 Å². The van der Waals surface area contributed by atoms with E-state index in [0.29, 0.717) is 0 Å². The first-order chi connectivity index (χ1) is 9.49. The Kier molecular flexibility index (Phi) is 3.55. The second-order valence-electron chi connectivity index (χ2n) is 3.58.